The van der Waals surface area contributed by atoms with Gasteiger partial charge in [-0.05, 0) is 30.9 Å². The maximum atomic E-state index is 12.3. The van der Waals surface area contributed by atoms with Gasteiger partial charge in [0.25, 0.3) is 5.91 Å². The third-order valence-electron chi connectivity index (χ3n) is 3.63. The summed E-state index contributed by atoms with van der Waals surface area (Å²) in [6, 6.07) is 7.75. The van der Waals surface area contributed by atoms with E-state index in [1.54, 1.807) is 0 Å². The van der Waals surface area contributed by atoms with Gasteiger partial charge in [0.15, 0.2) is 6.10 Å². The van der Waals surface area contributed by atoms with Crippen LogP contribution in [0, 0.1) is 11.8 Å². The molecule has 0 bridgehead atoms. The number of hydrogen-bond donors (Lipinski definition) is 0. The molecule has 1 aliphatic rings. The van der Waals surface area contributed by atoms with Crippen molar-refractivity contribution in [2.45, 2.75) is 26.9 Å². The first-order chi connectivity index (χ1) is 9.04. The highest BCUT2D eigenvalue weighted by atomic mass is 79.9. The quantitative estimate of drug-likeness (QED) is 0.793. The zero-order chi connectivity index (χ0) is 14.0. The molecule has 1 aromatic carbocycles. The zero-order valence-electron chi connectivity index (χ0n) is 11.6. The number of para-hydroxylation sites is 2. The number of alkyl halides is 1. The standard InChI is InChI=1S/C15H20BrNO2/c1-10(2)12(8-16)9-17-13-6-4-5-7-14(13)19-11(3)15(17)18/h4-7,10-12H,8-9H2,1-3H3. The van der Waals surface area contributed by atoms with E-state index in [0.29, 0.717) is 11.8 Å². The lowest BCUT2D eigenvalue weighted by Gasteiger charge is -2.35. The fraction of sp³-hybridized carbons (Fsp3) is 0.533. The molecular formula is C15H20BrNO2. The lowest BCUT2D eigenvalue weighted by Crippen LogP contribution is -2.47. The molecule has 4 heteroatoms. The number of fused-ring (bicyclic) bond motifs is 1. The first-order valence-electron chi connectivity index (χ1n) is 6.67. The number of hydrogen-bond acceptors (Lipinski definition) is 2. The molecule has 0 aromatic heterocycles. The molecule has 0 radical (unpaired) electrons. The minimum absolute atomic E-state index is 0.0466. The lowest BCUT2D eigenvalue weighted by molar-refractivity contribution is -0.125. The summed E-state index contributed by atoms with van der Waals surface area (Å²) in [5.74, 6) is 1.80. The summed E-state index contributed by atoms with van der Waals surface area (Å²) in [7, 11) is 0. The fourth-order valence-electron chi connectivity index (χ4n) is 2.22. The Kier molecular flexibility index (Phi) is 4.50. The maximum absolute atomic E-state index is 12.3. The Morgan fingerprint density at radius 2 is 2.05 bits per heavy atom. The van der Waals surface area contributed by atoms with Crippen molar-refractivity contribution in [1.82, 2.24) is 0 Å². The van der Waals surface area contributed by atoms with E-state index < -0.39 is 6.10 Å². The molecule has 0 aliphatic carbocycles. The average Bonchev–Trinajstić information content (AvgIpc) is 2.39. The van der Waals surface area contributed by atoms with Gasteiger partial charge < -0.3 is 9.64 Å². The number of halogens is 1. The van der Waals surface area contributed by atoms with E-state index in [4.69, 9.17) is 4.74 Å². The number of anilines is 1. The summed E-state index contributed by atoms with van der Waals surface area (Å²) < 4.78 is 5.65. The molecule has 2 rings (SSSR count). The topological polar surface area (TPSA) is 29.5 Å². The van der Waals surface area contributed by atoms with Gasteiger partial charge in [0.05, 0.1) is 5.69 Å². The van der Waals surface area contributed by atoms with Gasteiger partial charge in [-0.1, -0.05) is 41.9 Å². The van der Waals surface area contributed by atoms with E-state index in [1.807, 2.05) is 36.1 Å². The second-order valence-electron chi connectivity index (χ2n) is 5.34. The molecule has 0 spiro atoms. The van der Waals surface area contributed by atoms with Crippen LogP contribution < -0.4 is 9.64 Å². The van der Waals surface area contributed by atoms with Crippen molar-refractivity contribution < 1.29 is 9.53 Å². The number of ether oxygens (including phenoxy) is 1. The van der Waals surface area contributed by atoms with Crippen molar-refractivity contribution >= 4 is 27.5 Å². The fourth-order valence-corrected chi connectivity index (χ4v) is 3.17. The van der Waals surface area contributed by atoms with Gasteiger partial charge >= 0.3 is 0 Å². The van der Waals surface area contributed by atoms with Crippen LogP contribution in [0.5, 0.6) is 5.75 Å². The molecule has 1 aromatic rings. The van der Waals surface area contributed by atoms with Gasteiger partial charge in [0, 0.05) is 11.9 Å². The molecule has 1 amide bonds. The highest BCUT2D eigenvalue weighted by molar-refractivity contribution is 9.09. The molecule has 1 aliphatic heterocycles. The summed E-state index contributed by atoms with van der Waals surface area (Å²) in [6.45, 7) is 6.91. The number of rotatable bonds is 4. The van der Waals surface area contributed by atoms with Crippen LogP contribution in [-0.2, 0) is 4.79 Å². The molecule has 1 heterocycles. The second-order valence-corrected chi connectivity index (χ2v) is 5.98. The van der Waals surface area contributed by atoms with Gasteiger partial charge in [-0.3, -0.25) is 4.79 Å². The number of carbonyl (C=O) groups is 1. The Bertz CT molecular complexity index is 461. The zero-order valence-corrected chi connectivity index (χ0v) is 13.2. The van der Waals surface area contributed by atoms with Crippen LogP contribution in [0.25, 0.3) is 0 Å². The predicted octanol–water partition coefficient (Wildman–Crippen LogP) is 3.47. The van der Waals surface area contributed by atoms with Gasteiger partial charge in [-0.2, -0.15) is 0 Å². The third kappa shape index (κ3) is 2.94. The van der Waals surface area contributed by atoms with Gasteiger partial charge in [0.2, 0.25) is 0 Å². The molecule has 0 saturated carbocycles. The largest absolute Gasteiger partial charge is 0.479 e. The average molecular weight is 326 g/mol. The molecule has 2 unspecified atom stereocenters. The first kappa shape index (κ1) is 14.4. The maximum Gasteiger partial charge on any atom is 0.267 e. The predicted molar refractivity (Wildman–Crippen MR) is 81.0 cm³/mol. The van der Waals surface area contributed by atoms with E-state index >= 15 is 0 Å². The van der Waals surface area contributed by atoms with Crippen molar-refractivity contribution in [3.63, 3.8) is 0 Å². The molecule has 0 N–H and O–H groups in total. The van der Waals surface area contributed by atoms with Crippen LogP contribution in [0.4, 0.5) is 5.69 Å². The van der Waals surface area contributed by atoms with Crippen molar-refractivity contribution in [2.24, 2.45) is 11.8 Å². The van der Waals surface area contributed by atoms with Crippen LogP contribution in [0.2, 0.25) is 0 Å². The Balaban J connectivity index is 2.30. The van der Waals surface area contributed by atoms with Crippen molar-refractivity contribution in [3.8, 4) is 5.75 Å². The number of amides is 1. The molecule has 0 fully saturated rings. The number of carbonyl (C=O) groups excluding carboxylic acids is 1. The number of benzene rings is 1. The van der Waals surface area contributed by atoms with Crippen molar-refractivity contribution in [3.05, 3.63) is 24.3 Å². The summed E-state index contributed by atoms with van der Waals surface area (Å²) in [6.07, 6.45) is -0.405. The van der Waals surface area contributed by atoms with E-state index in [-0.39, 0.29) is 5.91 Å². The van der Waals surface area contributed by atoms with Gasteiger partial charge in [0.1, 0.15) is 5.75 Å². The minimum atomic E-state index is -0.405. The van der Waals surface area contributed by atoms with E-state index in [9.17, 15) is 4.79 Å². The van der Waals surface area contributed by atoms with Crippen LogP contribution >= 0.6 is 15.9 Å². The Labute approximate surface area is 123 Å². The molecule has 0 saturated heterocycles. The van der Waals surface area contributed by atoms with Gasteiger partial charge in [-0.15, -0.1) is 0 Å². The molecule has 3 nitrogen and oxygen atoms in total. The molecular weight excluding hydrogens is 306 g/mol. The molecule has 104 valence electrons. The van der Waals surface area contributed by atoms with Crippen LogP contribution in [0.15, 0.2) is 24.3 Å². The highest BCUT2D eigenvalue weighted by Crippen LogP contribution is 2.34. The van der Waals surface area contributed by atoms with Crippen LogP contribution in [0.3, 0.4) is 0 Å². The SMILES string of the molecule is CC1Oc2ccccc2N(CC(CBr)C(C)C)C1=O. The molecule has 2 atom stereocenters. The molecule has 19 heavy (non-hydrogen) atoms. The van der Waals surface area contributed by atoms with Crippen molar-refractivity contribution in [2.75, 3.05) is 16.8 Å². The van der Waals surface area contributed by atoms with Crippen molar-refractivity contribution in [1.29, 1.82) is 0 Å². The van der Waals surface area contributed by atoms with E-state index in [0.717, 1.165) is 23.3 Å². The smallest absolute Gasteiger partial charge is 0.267 e. The lowest BCUT2D eigenvalue weighted by atomic mass is 9.96. The highest BCUT2D eigenvalue weighted by Gasteiger charge is 2.32. The summed E-state index contributed by atoms with van der Waals surface area (Å²) in [5.41, 5.74) is 0.886. The van der Waals surface area contributed by atoms with Crippen LogP contribution in [-0.4, -0.2) is 23.9 Å². The number of nitrogens with zero attached hydrogens (tertiary/aromatic N) is 1. The second kappa shape index (κ2) is 5.95. The monoisotopic (exact) mass is 325 g/mol. The van der Waals surface area contributed by atoms with Gasteiger partial charge in [-0.25, -0.2) is 0 Å². The summed E-state index contributed by atoms with van der Waals surface area (Å²) in [5, 5.41) is 0.895. The first-order valence-corrected chi connectivity index (χ1v) is 7.79. The normalized spacial score (nSPS) is 20.2. The minimum Gasteiger partial charge on any atom is -0.479 e. The van der Waals surface area contributed by atoms with E-state index in [2.05, 4.69) is 29.8 Å². The summed E-state index contributed by atoms with van der Waals surface area (Å²) >= 11 is 3.55. The Morgan fingerprint density at radius 1 is 1.37 bits per heavy atom. The van der Waals surface area contributed by atoms with E-state index in [1.165, 1.54) is 0 Å². The third-order valence-corrected chi connectivity index (χ3v) is 4.46. The van der Waals surface area contributed by atoms with Crippen LogP contribution in [0.1, 0.15) is 20.8 Å². The summed E-state index contributed by atoms with van der Waals surface area (Å²) in [4.78, 5) is 14.2. The Morgan fingerprint density at radius 3 is 2.68 bits per heavy atom. The Hall–Kier alpha value is -1.03.